The normalized spacial score (nSPS) is 15.2. The number of benzene rings is 1. The Morgan fingerprint density at radius 3 is 2.52 bits per heavy atom. The molecule has 1 N–H and O–H groups in total. The molecule has 8 heteroatoms. The summed E-state index contributed by atoms with van der Waals surface area (Å²) in [4.78, 5) is 24.7. The van der Waals surface area contributed by atoms with Crippen LogP contribution in [-0.2, 0) is 17.9 Å². The topological polar surface area (TPSA) is 60.8 Å². The van der Waals surface area contributed by atoms with E-state index in [-0.39, 0.29) is 5.91 Å². The largest absolute Gasteiger partial charge is 0.352 e. The van der Waals surface area contributed by atoms with Crippen molar-refractivity contribution in [3.05, 3.63) is 63.9 Å². The van der Waals surface area contributed by atoms with E-state index < -0.39 is 0 Å². The molecule has 3 rings (SSSR count). The van der Waals surface area contributed by atoms with E-state index in [1.54, 1.807) is 19.3 Å². The van der Waals surface area contributed by atoms with Gasteiger partial charge in [-0.25, -0.2) is 4.98 Å². The fourth-order valence-corrected chi connectivity index (χ4v) is 3.13. The smallest absolute Gasteiger partial charge is 0.242 e. The lowest BCUT2D eigenvalue weighted by molar-refractivity contribution is -0.135. The zero-order valence-electron chi connectivity index (χ0n) is 15.0. The number of piperazine rings is 1. The number of hydrogen-bond acceptors (Lipinski definition) is 3. The molecule has 0 unspecified atom stereocenters. The summed E-state index contributed by atoms with van der Waals surface area (Å²) in [7, 11) is 1.72. The van der Waals surface area contributed by atoms with Gasteiger partial charge >= 0.3 is 0 Å². The Labute approximate surface area is 168 Å². The van der Waals surface area contributed by atoms with Crippen molar-refractivity contribution in [1.29, 1.82) is 0 Å². The Morgan fingerprint density at radius 1 is 1.15 bits per heavy atom. The van der Waals surface area contributed by atoms with Gasteiger partial charge in [-0.1, -0.05) is 41.4 Å². The van der Waals surface area contributed by atoms with Gasteiger partial charge in [0.05, 0.1) is 6.54 Å². The second-order valence-electron chi connectivity index (χ2n) is 6.25. The molecule has 1 aliphatic heterocycles. The number of carbonyl (C=O) groups is 1. The number of carbonyl (C=O) groups excluding carboxylic acids is 1. The fourth-order valence-electron chi connectivity index (χ4n) is 2.89. The van der Waals surface area contributed by atoms with Gasteiger partial charge < -0.3 is 15.1 Å². The molecule has 1 amide bonds. The van der Waals surface area contributed by atoms with Crippen LogP contribution in [0.4, 0.5) is 0 Å². The van der Waals surface area contributed by atoms with E-state index in [4.69, 9.17) is 23.2 Å². The van der Waals surface area contributed by atoms with Crippen molar-refractivity contribution in [3.8, 4) is 0 Å². The average Bonchev–Trinajstić information content (AvgIpc) is 2.67. The van der Waals surface area contributed by atoms with Crippen LogP contribution in [-0.4, -0.2) is 53.3 Å². The highest BCUT2D eigenvalue weighted by Gasteiger charge is 2.25. The quantitative estimate of drug-likeness (QED) is 0.482. The number of amides is 1. The predicted molar refractivity (Wildman–Crippen MR) is 108 cm³/mol. The molecule has 2 heterocycles. The molecule has 0 saturated carbocycles. The number of guanidine groups is 1. The monoisotopic (exact) mass is 405 g/mol. The van der Waals surface area contributed by atoms with E-state index in [1.807, 2.05) is 40.1 Å². The summed E-state index contributed by atoms with van der Waals surface area (Å²) in [6, 6.07) is 11.2. The van der Waals surface area contributed by atoms with Crippen LogP contribution in [0.25, 0.3) is 0 Å². The summed E-state index contributed by atoms with van der Waals surface area (Å²) >= 11 is 11.7. The third kappa shape index (κ3) is 5.34. The highest BCUT2D eigenvalue weighted by molar-refractivity contribution is 6.30. The molecule has 1 aliphatic rings. The zero-order chi connectivity index (χ0) is 19.2. The van der Waals surface area contributed by atoms with Gasteiger partial charge in [-0.15, -0.1) is 0 Å². The van der Waals surface area contributed by atoms with Gasteiger partial charge in [-0.3, -0.25) is 9.79 Å². The molecule has 1 fully saturated rings. The summed E-state index contributed by atoms with van der Waals surface area (Å²) in [6.07, 6.45) is 1.72. The third-order valence-electron chi connectivity index (χ3n) is 4.36. The second kappa shape index (κ2) is 9.06. The molecular formula is C19H21Cl2N5O. The van der Waals surface area contributed by atoms with E-state index >= 15 is 0 Å². The lowest BCUT2D eigenvalue weighted by Gasteiger charge is -2.36. The molecule has 1 aromatic carbocycles. The van der Waals surface area contributed by atoms with E-state index in [2.05, 4.69) is 15.3 Å². The Morgan fingerprint density at radius 2 is 1.89 bits per heavy atom. The Balaban J connectivity index is 1.54. The first kappa shape index (κ1) is 19.5. The molecule has 0 aliphatic carbocycles. The number of hydrogen-bond donors (Lipinski definition) is 1. The molecular weight excluding hydrogens is 385 g/mol. The van der Waals surface area contributed by atoms with Crippen LogP contribution < -0.4 is 5.32 Å². The van der Waals surface area contributed by atoms with Gasteiger partial charge in [-0.2, -0.15) is 0 Å². The molecule has 1 saturated heterocycles. The zero-order valence-corrected chi connectivity index (χ0v) is 16.5. The molecule has 6 nitrogen and oxygen atoms in total. The molecule has 0 spiro atoms. The fraction of sp³-hybridized carbons (Fsp3) is 0.316. The maximum atomic E-state index is 12.6. The van der Waals surface area contributed by atoms with E-state index in [9.17, 15) is 4.79 Å². The third-order valence-corrected chi connectivity index (χ3v) is 4.83. The predicted octanol–water partition coefficient (Wildman–Crippen LogP) is 2.81. The van der Waals surface area contributed by atoms with Crippen molar-refractivity contribution in [2.75, 3.05) is 26.7 Å². The lowest BCUT2D eigenvalue weighted by Crippen LogP contribution is -2.54. The average molecular weight is 406 g/mol. The van der Waals surface area contributed by atoms with Crippen LogP contribution in [0.5, 0.6) is 0 Å². The minimum absolute atomic E-state index is 0.0762. The molecule has 0 radical (unpaired) electrons. The van der Waals surface area contributed by atoms with Gasteiger partial charge in [0, 0.05) is 44.4 Å². The van der Waals surface area contributed by atoms with E-state index in [0.29, 0.717) is 42.3 Å². The summed E-state index contributed by atoms with van der Waals surface area (Å²) in [5, 5.41) is 4.43. The minimum atomic E-state index is 0.0762. The van der Waals surface area contributed by atoms with Crippen LogP contribution >= 0.6 is 23.2 Å². The number of nitrogens with one attached hydrogen (secondary N) is 1. The Hall–Kier alpha value is -2.31. The Bertz CT molecular complexity index is 808. The highest BCUT2D eigenvalue weighted by atomic mass is 35.5. The summed E-state index contributed by atoms with van der Waals surface area (Å²) < 4.78 is 0. The van der Waals surface area contributed by atoms with Gasteiger partial charge in [0.25, 0.3) is 0 Å². The van der Waals surface area contributed by atoms with Crippen LogP contribution in [0.2, 0.25) is 10.2 Å². The van der Waals surface area contributed by atoms with Crippen LogP contribution in [0, 0.1) is 0 Å². The summed E-state index contributed by atoms with van der Waals surface area (Å²) in [6.45, 7) is 2.82. The first-order valence-corrected chi connectivity index (χ1v) is 9.39. The molecule has 0 atom stereocenters. The number of halogens is 2. The van der Waals surface area contributed by atoms with Crippen molar-refractivity contribution in [2.24, 2.45) is 4.99 Å². The van der Waals surface area contributed by atoms with Crippen LogP contribution in [0.1, 0.15) is 11.1 Å². The highest BCUT2D eigenvalue weighted by Crippen LogP contribution is 2.14. The summed E-state index contributed by atoms with van der Waals surface area (Å²) in [5.74, 6) is 0.775. The van der Waals surface area contributed by atoms with Gasteiger partial charge in [0.15, 0.2) is 5.96 Å². The van der Waals surface area contributed by atoms with Gasteiger partial charge in [0.2, 0.25) is 5.91 Å². The molecule has 142 valence electrons. The first-order valence-electron chi connectivity index (χ1n) is 8.63. The molecule has 0 bridgehead atoms. The number of aromatic nitrogens is 1. The second-order valence-corrected chi connectivity index (χ2v) is 7.08. The van der Waals surface area contributed by atoms with Gasteiger partial charge in [0.1, 0.15) is 5.15 Å². The standard InChI is InChI=1S/C19H21Cl2N5O/c1-22-19(24-11-15-4-7-17(21)23-10-15)26-9-8-25(18(27)13-26)12-14-2-5-16(20)6-3-14/h2-7,10H,8-9,11-13H2,1H3,(H,22,24). The van der Waals surface area contributed by atoms with Crippen LogP contribution in [0.15, 0.2) is 47.6 Å². The SMILES string of the molecule is CN=C(NCc1ccc(Cl)nc1)N1CCN(Cc2ccc(Cl)cc2)C(=O)C1. The van der Waals surface area contributed by atoms with E-state index in [0.717, 1.165) is 17.7 Å². The molecule has 27 heavy (non-hydrogen) atoms. The van der Waals surface area contributed by atoms with Crippen molar-refractivity contribution < 1.29 is 4.79 Å². The number of nitrogens with zero attached hydrogens (tertiary/aromatic N) is 4. The lowest BCUT2D eigenvalue weighted by atomic mass is 10.2. The minimum Gasteiger partial charge on any atom is -0.352 e. The number of rotatable bonds is 4. The maximum Gasteiger partial charge on any atom is 0.242 e. The Kier molecular flexibility index (Phi) is 6.53. The number of aliphatic imine (C=N–C) groups is 1. The molecule has 2 aromatic rings. The van der Waals surface area contributed by atoms with Gasteiger partial charge in [-0.05, 0) is 29.3 Å². The number of pyridine rings is 1. The first-order chi connectivity index (χ1) is 13.0. The maximum absolute atomic E-state index is 12.6. The van der Waals surface area contributed by atoms with Crippen molar-refractivity contribution in [2.45, 2.75) is 13.1 Å². The van der Waals surface area contributed by atoms with E-state index in [1.165, 1.54) is 0 Å². The van der Waals surface area contributed by atoms with Crippen molar-refractivity contribution in [1.82, 2.24) is 20.1 Å². The summed E-state index contributed by atoms with van der Waals surface area (Å²) in [5.41, 5.74) is 2.06. The molecule has 1 aromatic heterocycles. The van der Waals surface area contributed by atoms with Crippen molar-refractivity contribution in [3.63, 3.8) is 0 Å². The van der Waals surface area contributed by atoms with Crippen molar-refractivity contribution >= 4 is 35.1 Å². The van der Waals surface area contributed by atoms with Crippen LogP contribution in [0.3, 0.4) is 0 Å².